The van der Waals surface area contributed by atoms with Crippen LogP contribution in [-0.2, 0) is 0 Å². The second kappa shape index (κ2) is 10.9. The van der Waals surface area contributed by atoms with Gasteiger partial charge in [0.2, 0.25) is 0 Å². The van der Waals surface area contributed by atoms with E-state index in [1.165, 1.54) is 0 Å². The van der Waals surface area contributed by atoms with Gasteiger partial charge in [0.1, 0.15) is 6.07 Å². The van der Waals surface area contributed by atoms with E-state index < -0.39 is 0 Å². The Kier molecular flexibility index (Phi) is 6.22. The molecule has 9 aromatic rings. The molecular formula is C44H26N4. The molecule has 2 heterocycles. The highest BCUT2D eigenvalue weighted by Crippen LogP contribution is 2.41. The summed E-state index contributed by atoms with van der Waals surface area (Å²) in [7, 11) is 0. The van der Waals surface area contributed by atoms with E-state index in [9.17, 15) is 10.5 Å². The van der Waals surface area contributed by atoms with E-state index >= 15 is 0 Å². The van der Waals surface area contributed by atoms with Crippen LogP contribution in [-0.4, -0.2) is 9.13 Å². The van der Waals surface area contributed by atoms with E-state index in [1.807, 2.05) is 48.5 Å². The van der Waals surface area contributed by atoms with Crippen molar-refractivity contribution in [2.24, 2.45) is 0 Å². The van der Waals surface area contributed by atoms with Crippen molar-refractivity contribution in [3.05, 3.63) is 169 Å². The Morgan fingerprint density at radius 3 is 1.38 bits per heavy atom. The second-order valence-corrected chi connectivity index (χ2v) is 12.0. The van der Waals surface area contributed by atoms with Crippen LogP contribution in [0.5, 0.6) is 0 Å². The number of nitrogens with zero attached hydrogens (tertiary/aromatic N) is 4. The van der Waals surface area contributed by atoms with Crippen molar-refractivity contribution in [3.63, 3.8) is 0 Å². The molecular weight excluding hydrogens is 585 g/mol. The molecule has 0 aliphatic carbocycles. The van der Waals surface area contributed by atoms with Crippen LogP contribution < -0.4 is 0 Å². The van der Waals surface area contributed by atoms with Gasteiger partial charge in [-0.25, -0.2) is 0 Å². The smallest absolute Gasteiger partial charge is 0.101 e. The summed E-state index contributed by atoms with van der Waals surface area (Å²) >= 11 is 0. The molecule has 0 spiro atoms. The van der Waals surface area contributed by atoms with Crippen molar-refractivity contribution in [3.8, 4) is 45.8 Å². The Morgan fingerprint density at radius 2 is 0.854 bits per heavy atom. The minimum Gasteiger partial charge on any atom is -0.309 e. The van der Waals surface area contributed by atoms with E-state index in [0.717, 1.165) is 77.2 Å². The third-order valence-electron chi connectivity index (χ3n) is 9.41. The number of hydrogen-bond acceptors (Lipinski definition) is 2. The lowest BCUT2D eigenvalue weighted by Gasteiger charge is -2.18. The Balaban J connectivity index is 1.27. The van der Waals surface area contributed by atoms with Gasteiger partial charge in [0.05, 0.1) is 50.6 Å². The molecule has 0 unspecified atom stereocenters. The van der Waals surface area contributed by atoms with Gasteiger partial charge < -0.3 is 9.13 Å². The molecule has 0 N–H and O–H groups in total. The molecule has 0 atom stereocenters. The summed E-state index contributed by atoms with van der Waals surface area (Å²) in [4.78, 5) is 0. The van der Waals surface area contributed by atoms with Crippen molar-refractivity contribution in [2.45, 2.75) is 0 Å². The van der Waals surface area contributed by atoms with Gasteiger partial charge in [-0.15, -0.1) is 0 Å². The van der Waals surface area contributed by atoms with E-state index in [0.29, 0.717) is 11.1 Å². The van der Waals surface area contributed by atoms with Gasteiger partial charge in [0, 0.05) is 27.1 Å². The number of aromatic nitrogens is 2. The van der Waals surface area contributed by atoms with Crippen LogP contribution in [0.15, 0.2) is 158 Å². The lowest BCUT2D eigenvalue weighted by molar-refractivity contribution is 1.17. The van der Waals surface area contributed by atoms with Gasteiger partial charge in [0.25, 0.3) is 0 Å². The zero-order chi connectivity index (χ0) is 32.2. The molecule has 2 aromatic heterocycles. The molecule has 4 nitrogen and oxygen atoms in total. The molecule has 0 bridgehead atoms. The number of para-hydroxylation sites is 4. The molecule has 0 amide bonds. The molecule has 7 aromatic carbocycles. The summed E-state index contributed by atoms with van der Waals surface area (Å²) in [5.74, 6) is 0. The fourth-order valence-corrected chi connectivity index (χ4v) is 7.34. The maximum atomic E-state index is 10.5. The standard InChI is InChI=1S/C44H26N4/c45-27-29-21-23-38(44(25-29)48-42-19-9-5-15-36(42)37-16-6-10-20-43(37)48)33-12-2-1-11-32(33)30-22-24-39(31(26-30)28-46)47-40-17-7-3-13-34(40)35-14-4-8-18-41(35)47/h1-26H. The summed E-state index contributed by atoms with van der Waals surface area (Å²) < 4.78 is 4.46. The molecule has 4 heteroatoms. The summed E-state index contributed by atoms with van der Waals surface area (Å²) in [5.41, 5.74) is 11.2. The van der Waals surface area contributed by atoms with E-state index in [1.54, 1.807) is 0 Å². The first kappa shape index (κ1) is 27.4. The predicted molar refractivity (Wildman–Crippen MR) is 195 cm³/mol. The molecule has 0 saturated heterocycles. The minimum absolute atomic E-state index is 0.593. The molecule has 0 radical (unpaired) electrons. The molecule has 222 valence electrons. The zero-order valence-electron chi connectivity index (χ0n) is 25.8. The van der Waals surface area contributed by atoms with E-state index in [-0.39, 0.29) is 0 Å². The van der Waals surface area contributed by atoms with Gasteiger partial charge in [0.15, 0.2) is 0 Å². The third-order valence-corrected chi connectivity index (χ3v) is 9.41. The van der Waals surface area contributed by atoms with Crippen LogP contribution in [0.2, 0.25) is 0 Å². The zero-order valence-corrected chi connectivity index (χ0v) is 25.8. The lowest BCUT2D eigenvalue weighted by atomic mass is 9.92. The van der Waals surface area contributed by atoms with Crippen molar-refractivity contribution in [2.75, 3.05) is 0 Å². The second-order valence-electron chi connectivity index (χ2n) is 12.0. The highest BCUT2D eigenvalue weighted by molar-refractivity contribution is 6.11. The minimum atomic E-state index is 0.593. The van der Waals surface area contributed by atoms with Crippen molar-refractivity contribution >= 4 is 43.6 Å². The molecule has 0 saturated carbocycles. The Hall–Kier alpha value is -6.88. The van der Waals surface area contributed by atoms with Crippen molar-refractivity contribution < 1.29 is 0 Å². The highest BCUT2D eigenvalue weighted by Gasteiger charge is 2.20. The number of nitriles is 2. The van der Waals surface area contributed by atoms with Crippen LogP contribution in [0.3, 0.4) is 0 Å². The van der Waals surface area contributed by atoms with Crippen LogP contribution in [0.25, 0.3) is 77.2 Å². The Morgan fingerprint density at radius 1 is 0.375 bits per heavy atom. The molecule has 0 fully saturated rings. The van der Waals surface area contributed by atoms with Crippen LogP contribution in [0.4, 0.5) is 0 Å². The lowest BCUT2D eigenvalue weighted by Crippen LogP contribution is -2.00. The fourth-order valence-electron chi connectivity index (χ4n) is 7.34. The SMILES string of the molecule is N#Cc1ccc(-c2ccccc2-c2ccc(-n3c4ccccc4c4ccccc43)c(C#N)c2)c(-n2c3ccccc3c3ccccc32)c1. The van der Waals surface area contributed by atoms with E-state index in [4.69, 9.17) is 0 Å². The van der Waals surface area contributed by atoms with Crippen molar-refractivity contribution in [1.29, 1.82) is 10.5 Å². The summed E-state index contributed by atoms with van der Waals surface area (Å²) in [6.45, 7) is 0. The number of hydrogen-bond donors (Lipinski definition) is 0. The first-order chi connectivity index (χ1) is 23.7. The van der Waals surface area contributed by atoms with Gasteiger partial charge in [-0.2, -0.15) is 10.5 Å². The monoisotopic (exact) mass is 610 g/mol. The van der Waals surface area contributed by atoms with Crippen LogP contribution in [0, 0.1) is 22.7 Å². The molecule has 0 aliphatic rings. The van der Waals surface area contributed by atoms with Crippen LogP contribution in [0.1, 0.15) is 11.1 Å². The molecule has 0 aliphatic heterocycles. The number of rotatable bonds is 4. The average molecular weight is 611 g/mol. The highest BCUT2D eigenvalue weighted by atomic mass is 15.0. The normalized spacial score (nSPS) is 11.3. The number of fused-ring (bicyclic) bond motifs is 6. The molecule has 9 rings (SSSR count). The summed E-state index contributed by atoms with van der Waals surface area (Å²) in [6.07, 6.45) is 0. The largest absolute Gasteiger partial charge is 0.309 e. The van der Waals surface area contributed by atoms with Crippen molar-refractivity contribution in [1.82, 2.24) is 9.13 Å². The predicted octanol–water partition coefficient (Wildman–Crippen LogP) is 11.0. The van der Waals surface area contributed by atoms with Gasteiger partial charge in [-0.1, -0.05) is 109 Å². The van der Waals surface area contributed by atoms with Gasteiger partial charge in [-0.3, -0.25) is 0 Å². The van der Waals surface area contributed by atoms with E-state index in [2.05, 4.69) is 130 Å². The summed E-state index contributed by atoms with van der Waals surface area (Å²) in [6, 6.07) is 58.8. The fraction of sp³-hybridized carbons (Fsp3) is 0. The first-order valence-electron chi connectivity index (χ1n) is 15.9. The quantitative estimate of drug-likeness (QED) is 0.199. The Bertz CT molecular complexity index is 2710. The summed E-state index contributed by atoms with van der Waals surface area (Å²) in [5, 5.41) is 25.2. The number of benzene rings is 7. The topological polar surface area (TPSA) is 57.4 Å². The Labute approximate surface area is 277 Å². The molecule has 48 heavy (non-hydrogen) atoms. The third kappa shape index (κ3) is 4.07. The first-order valence-corrected chi connectivity index (χ1v) is 15.9. The average Bonchev–Trinajstić information content (AvgIpc) is 3.67. The maximum Gasteiger partial charge on any atom is 0.101 e. The van der Waals surface area contributed by atoms with Crippen LogP contribution >= 0.6 is 0 Å². The van der Waals surface area contributed by atoms with Gasteiger partial charge in [-0.05, 0) is 65.2 Å². The van der Waals surface area contributed by atoms with Gasteiger partial charge >= 0.3 is 0 Å². The maximum absolute atomic E-state index is 10.5.